The summed E-state index contributed by atoms with van der Waals surface area (Å²) >= 11 is 6.32. The molecule has 4 nitrogen and oxygen atoms in total. The molecule has 8 heteroatoms. The third-order valence-electron chi connectivity index (χ3n) is 3.73. The van der Waals surface area contributed by atoms with Gasteiger partial charge < -0.3 is 9.64 Å². The van der Waals surface area contributed by atoms with E-state index in [-0.39, 0.29) is 29.3 Å². The summed E-state index contributed by atoms with van der Waals surface area (Å²) in [6, 6.07) is 12.0. The molecule has 1 heterocycles. The van der Waals surface area contributed by atoms with Crippen molar-refractivity contribution in [3.63, 3.8) is 0 Å². The predicted octanol–water partition coefficient (Wildman–Crippen LogP) is 4.35. The average Bonchev–Trinajstić information content (AvgIpc) is 2.80. The number of rotatable bonds is 3. The number of hydrogen-bond donors (Lipinski definition) is 0. The highest BCUT2D eigenvalue weighted by Gasteiger charge is 2.37. The summed E-state index contributed by atoms with van der Waals surface area (Å²) in [7, 11) is 0. The van der Waals surface area contributed by atoms with Gasteiger partial charge in [-0.05, 0) is 23.8 Å². The first-order chi connectivity index (χ1) is 11.8. The Morgan fingerprint density at radius 1 is 1.20 bits per heavy atom. The van der Waals surface area contributed by atoms with Gasteiger partial charge in [0.25, 0.3) is 5.91 Å². The molecular weight excluding hydrogens is 357 g/mol. The predicted molar refractivity (Wildman–Crippen MR) is 82.7 cm³/mol. The van der Waals surface area contributed by atoms with E-state index < -0.39 is 11.9 Å². The third-order valence-corrected chi connectivity index (χ3v) is 4.20. The van der Waals surface area contributed by atoms with Crippen molar-refractivity contribution in [3.05, 3.63) is 64.7 Å². The standard InChI is InChI=1S/C17H10ClF3N2O2/c18-15-13-3-1-2-11(8-22)14(13)16(24)23(15)9-10-4-6-12(7-5-10)25-17(19,20)21/h1-7,15H,9H2. The van der Waals surface area contributed by atoms with Crippen LogP contribution in [0.4, 0.5) is 13.2 Å². The van der Waals surface area contributed by atoms with E-state index in [1.165, 1.54) is 35.2 Å². The van der Waals surface area contributed by atoms with Crippen molar-refractivity contribution < 1.29 is 22.7 Å². The Kier molecular flexibility index (Phi) is 4.31. The van der Waals surface area contributed by atoms with Gasteiger partial charge in [-0.2, -0.15) is 5.26 Å². The molecule has 1 aliphatic heterocycles. The summed E-state index contributed by atoms with van der Waals surface area (Å²) in [5.41, 5.74) is 0.885. The second-order valence-corrected chi connectivity index (χ2v) is 5.76. The molecule has 1 aliphatic rings. The van der Waals surface area contributed by atoms with E-state index in [9.17, 15) is 18.0 Å². The third kappa shape index (κ3) is 3.39. The Labute approximate surface area is 146 Å². The zero-order chi connectivity index (χ0) is 18.2. The van der Waals surface area contributed by atoms with Crippen molar-refractivity contribution in [3.8, 4) is 11.8 Å². The molecule has 25 heavy (non-hydrogen) atoms. The van der Waals surface area contributed by atoms with Crippen LogP contribution in [0, 0.1) is 11.3 Å². The van der Waals surface area contributed by atoms with Gasteiger partial charge in [-0.3, -0.25) is 4.79 Å². The van der Waals surface area contributed by atoms with Crippen LogP contribution in [0.25, 0.3) is 0 Å². The number of halogens is 4. The number of benzene rings is 2. The van der Waals surface area contributed by atoms with E-state index in [0.717, 1.165) is 0 Å². The normalized spacial score (nSPS) is 16.5. The van der Waals surface area contributed by atoms with Gasteiger partial charge in [0.2, 0.25) is 0 Å². The number of amides is 1. The van der Waals surface area contributed by atoms with Crippen LogP contribution in [0.5, 0.6) is 5.75 Å². The lowest BCUT2D eigenvalue weighted by Crippen LogP contribution is -2.25. The number of hydrogen-bond acceptors (Lipinski definition) is 3. The highest BCUT2D eigenvalue weighted by molar-refractivity contribution is 6.24. The van der Waals surface area contributed by atoms with Crippen LogP contribution in [-0.2, 0) is 6.54 Å². The molecule has 0 aliphatic carbocycles. The molecule has 3 rings (SSSR count). The van der Waals surface area contributed by atoms with Crippen LogP contribution in [-0.4, -0.2) is 17.2 Å². The average molecular weight is 367 g/mol. The molecule has 0 radical (unpaired) electrons. The maximum atomic E-state index is 12.6. The van der Waals surface area contributed by atoms with Crippen molar-refractivity contribution in [2.24, 2.45) is 0 Å². The lowest BCUT2D eigenvalue weighted by atomic mass is 10.0. The highest BCUT2D eigenvalue weighted by atomic mass is 35.5. The number of alkyl halides is 4. The fourth-order valence-corrected chi connectivity index (χ4v) is 3.00. The van der Waals surface area contributed by atoms with Gasteiger partial charge in [0, 0.05) is 12.1 Å². The monoisotopic (exact) mass is 366 g/mol. The van der Waals surface area contributed by atoms with Crippen LogP contribution >= 0.6 is 11.6 Å². The van der Waals surface area contributed by atoms with Crippen molar-refractivity contribution >= 4 is 17.5 Å². The van der Waals surface area contributed by atoms with Gasteiger partial charge in [0.05, 0.1) is 17.2 Å². The molecule has 0 bridgehead atoms. The summed E-state index contributed by atoms with van der Waals surface area (Å²) in [4.78, 5) is 13.9. The van der Waals surface area contributed by atoms with Crippen LogP contribution in [0.15, 0.2) is 42.5 Å². The van der Waals surface area contributed by atoms with E-state index in [1.807, 2.05) is 6.07 Å². The molecule has 2 aromatic carbocycles. The maximum Gasteiger partial charge on any atom is 0.573 e. The molecule has 0 saturated heterocycles. The van der Waals surface area contributed by atoms with Crippen LogP contribution in [0.1, 0.15) is 32.5 Å². The number of nitrogens with zero attached hydrogens (tertiary/aromatic N) is 2. The van der Waals surface area contributed by atoms with Crippen molar-refractivity contribution in [2.75, 3.05) is 0 Å². The first kappa shape index (κ1) is 17.1. The van der Waals surface area contributed by atoms with Gasteiger partial charge in [0.1, 0.15) is 11.3 Å². The maximum absolute atomic E-state index is 12.6. The second-order valence-electron chi connectivity index (χ2n) is 5.34. The number of nitriles is 1. The molecule has 0 spiro atoms. The number of ether oxygens (including phenoxy) is 1. The number of carbonyl (C=O) groups excluding carboxylic acids is 1. The molecule has 2 aromatic rings. The van der Waals surface area contributed by atoms with Gasteiger partial charge in [-0.25, -0.2) is 0 Å². The Morgan fingerprint density at radius 3 is 2.48 bits per heavy atom. The van der Waals surface area contributed by atoms with Crippen LogP contribution < -0.4 is 4.74 Å². The Hall–Kier alpha value is -2.72. The molecule has 1 amide bonds. The fourth-order valence-electron chi connectivity index (χ4n) is 2.66. The summed E-state index contributed by atoms with van der Waals surface area (Å²) in [5.74, 6) is -0.732. The minimum absolute atomic E-state index is 0.0961. The van der Waals surface area contributed by atoms with Gasteiger partial charge >= 0.3 is 6.36 Å². The summed E-state index contributed by atoms with van der Waals surface area (Å²) in [6.07, 6.45) is -4.76. The molecule has 1 atom stereocenters. The Morgan fingerprint density at radius 2 is 1.88 bits per heavy atom. The largest absolute Gasteiger partial charge is 0.573 e. The molecule has 0 fully saturated rings. The Bertz CT molecular complexity index is 860. The molecular formula is C17H10ClF3N2O2. The molecule has 0 N–H and O–H groups in total. The van der Waals surface area contributed by atoms with E-state index in [2.05, 4.69) is 4.74 Å². The summed E-state index contributed by atoms with van der Waals surface area (Å²) in [5, 5.41) is 9.14. The topological polar surface area (TPSA) is 53.3 Å². The van der Waals surface area contributed by atoms with E-state index >= 15 is 0 Å². The van der Waals surface area contributed by atoms with Crippen molar-refractivity contribution in [1.29, 1.82) is 5.26 Å². The van der Waals surface area contributed by atoms with Crippen molar-refractivity contribution in [2.45, 2.75) is 18.4 Å². The van der Waals surface area contributed by atoms with Gasteiger partial charge in [-0.15, -0.1) is 13.2 Å². The number of fused-ring (bicyclic) bond motifs is 1. The quantitative estimate of drug-likeness (QED) is 0.599. The summed E-state index contributed by atoms with van der Waals surface area (Å²) < 4.78 is 40.3. The smallest absolute Gasteiger partial charge is 0.406 e. The zero-order valence-electron chi connectivity index (χ0n) is 12.5. The van der Waals surface area contributed by atoms with E-state index in [4.69, 9.17) is 16.9 Å². The number of carbonyl (C=O) groups is 1. The lowest BCUT2D eigenvalue weighted by molar-refractivity contribution is -0.274. The van der Waals surface area contributed by atoms with Crippen molar-refractivity contribution in [1.82, 2.24) is 4.90 Å². The second kappa shape index (κ2) is 6.30. The van der Waals surface area contributed by atoms with Crippen LogP contribution in [0.3, 0.4) is 0 Å². The van der Waals surface area contributed by atoms with Crippen LogP contribution in [0.2, 0.25) is 0 Å². The van der Waals surface area contributed by atoms with Gasteiger partial charge in [-0.1, -0.05) is 35.9 Å². The van der Waals surface area contributed by atoms with E-state index in [0.29, 0.717) is 11.1 Å². The minimum atomic E-state index is -4.76. The molecule has 0 aromatic heterocycles. The molecule has 0 saturated carbocycles. The first-order valence-electron chi connectivity index (χ1n) is 7.13. The van der Waals surface area contributed by atoms with Gasteiger partial charge in [0.15, 0.2) is 0 Å². The molecule has 1 unspecified atom stereocenters. The Balaban J connectivity index is 1.81. The minimum Gasteiger partial charge on any atom is -0.406 e. The van der Waals surface area contributed by atoms with E-state index in [1.54, 1.807) is 12.1 Å². The fraction of sp³-hybridized carbons (Fsp3) is 0.176. The lowest BCUT2D eigenvalue weighted by Gasteiger charge is -2.20. The molecule has 128 valence electrons. The highest BCUT2D eigenvalue weighted by Crippen LogP contribution is 2.39. The summed E-state index contributed by atoms with van der Waals surface area (Å²) in [6.45, 7) is 0.0961. The zero-order valence-corrected chi connectivity index (χ0v) is 13.3. The first-order valence-corrected chi connectivity index (χ1v) is 7.56. The SMILES string of the molecule is N#Cc1cccc2c1C(=O)N(Cc1ccc(OC(F)(F)F)cc1)C2Cl.